The van der Waals surface area contributed by atoms with Gasteiger partial charge in [-0.2, -0.15) is 5.10 Å². The molecule has 0 bridgehead atoms. The Morgan fingerprint density at radius 3 is 2.78 bits per heavy atom. The molecule has 2 heterocycles. The lowest BCUT2D eigenvalue weighted by molar-refractivity contribution is -0.132. The van der Waals surface area contributed by atoms with E-state index in [1.165, 1.54) is 0 Å². The summed E-state index contributed by atoms with van der Waals surface area (Å²) < 4.78 is 1.80. The number of rotatable bonds is 6. The van der Waals surface area contributed by atoms with Gasteiger partial charge in [-0.3, -0.25) is 9.59 Å². The quantitative estimate of drug-likeness (QED) is 0.860. The fraction of sp³-hybridized carbons (Fsp3) is 0.312. The van der Waals surface area contributed by atoms with E-state index in [1.54, 1.807) is 27.5 Å². The van der Waals surface area contributed by atoms with Crippen LogP contribution in [0.2, 0.25) is 0 Å². The summed E-state index contributed by atoms with van der Waals surface area (Å²) in [5.74, 6) is 1.03. The van der Waals surface area contributed by atoms with E-state index >= 15 is 0 Å². The lowest BCUT2D eigenvalue weighted by atomic mass is 10.1. The number of nitrogens with one attached hydrogen (secondary N) is 1. The molecule has 6 nitrogen and oxygen atoms in total. The molecule has 0 radical (unpaired) electrons. The van der Waals surface area contributed by atoms with E-state index in [0.29, 0.717) is 18.2 Å². The summed E-state index contributed by atoms with van der Waals surface area (Å²) in [4.78, 5) is 24.9. The average Bonchev–Trinajstić information content (AvgIpc) is 3.21. The van der Waals surface area contributed by atoms with Gasteiger partial charge >= 0.3 is 0 Å². The van der Waals surface area contributed by atoms with Crippen molar-refractivity contribution in [2.24, 2.45) is 0 Å². The fourth-order valence-electron chi connectivity index (χ4n) is 2.35. The summed E-state index contributed by atoms with van der Waals surface area (Å²) in [5, 5.41) is 7.04. The highest BCUT2D eigenvalue weighted by Crippen LogP contribution is 2.14. The average molecular weight is 330 g/mol. The van der Waals surface area contributed by atoms with Gasteiger partial charge in [0.2, 0.25) is 11.8 Å². The van der Waals surface area contributed by atoms with Crippen LogP contribution in [0.25, 0.3) is 5.69 Å². The predicted octanol–water partition coefficient (Wildman–Crippen LogP) is 1.06. The van der Waals surface area contributed by atoms with Crippen molar-refractivity contribution in [1.82, 2.24) is 20.0 Å². The number of carbonyl (C=O) groups excluding carboxylic acids is 2. The van der Waals surface area contributed by atoms with Crippen LogP contribution in [-0.4, -0.2) is 51.2 Å². The zero-order chi connectivity index (χ0) is 16.1. The first kappa shape index (κ1) is 15.6. The van der Waals surface area contributed by atoms with Crippen LogP contribution >= 0.6 is 11.8 Å². The molecule has 0 saturated carbocycles. The summed E-state index contributed by atoms with van der Waals surface area (Å²) in [6.07, 6.45) is 4.40. The third-order valence-electron chi connectivity index (χ3n) is 3.60. The van der Waals surface area contributed by atoms with Gasteiger partial charge in [0.1, 0.15) is 6.54 Å². The van der Waals surface area contributed by atoms with Gasteiger partial charge < -0.3 is 10.2 Å². The molecule has 1 aliphatic rings. The molecule has 1 aromatic carbocycles. The molecule has 1 saturated heterocycles. The third-order valence-corrected chi connectivity index (χ3v) is 4.55. The Hall–Kier alpha value is -2.28. The van der Waals surface area contributed by atoms with Gasteiger partial charge in [-0.15, -0.1) is 11.8 Å². The molecule has 3 rings (SSSR count). The van der Waals surface area contributed by atoms with Gasteiger partial charge in [0.25, 0.3) is 0 Å². The van der Waals surface area contributed by atoms with Crippen LogP contribution < -0.4 is 5.32 Å². The van der Waals surface area contributed by atoms with Crippen molar-refractivity contribution < 1.29 is 9.59 Å². The van der Waals surface area contributed by atoms with Gasteiger partial charge in [0.15, 0.2) is 0 Å². The number of hydrogen-bond acceptors (Lipinski definition) is 4. The largest absolute Gasteiger partial charge is 0.354 e. The van der Waals surface area contributed by atoms with E-state index in [9.17, 15) is 9.59 Å². The summed E-state index contributed by atoms with van der Waals surface area (Å²) in [6.45, 7) is 0.721. The molecule has 1 fully saturated rings. The highest BCUT2D eigenvalue weighted by Gasteiger charge is 2.22. The zero-order valence-electron chi connectivity index (χ0n) is 12.6. The molecule has 1 aromatic heterocycles. The highest BCUT2D eigenvalue weighted by molar-refractivity contribution is 8.00. The van der Waals surface area contributed by atoms with Crippen molar-refractivity contribution in [1.29, 1.82) is 0 Å². The molecule has 120 valence electrons. The maximum atomic E-state index is 11.8. The van der Waals surface area contributed by atoms with E-state index in [4.69, 9.17) is 0 Å². The molecule has 7 heteroatoms. The second kappa shape index (κ2) is 7.32. The SMILES string of the molecule is O=C(CN1CSCC1=O)NCCc1ccc(-n2cccn2)cc1. The summed E-state index contributed by atoms with van der Waals surface area (Å²) in [6, 6.07) is 9.95. The first-order valence-corrected chi connectivity index (χ1v) is 8.59. The normalized spacial score (nSPS) is 14.3. The monoisotopic (exact) mass is 330 g/mol. The molecule has 0 atom stereocenters. The lowest BCUT2D eigenvalue weighted by Gasteiger charge is -2.14. The molecule has 1 N–H and O–H groups in total. The van der Waals surface area contributed by atoms with Crippen molar-refractivity contribution in [2.45, 2.75) is 6.42 Å². The van der Waals surface area contributed by atoms with E-state index in [2.05, 4.69) is 10.4 Å². The van der Waals surface area contributed by atoms with E-state index in [1.807, 2.05) is 36.5 Å². The maximum absolute atomic E-state index is 11.8. The third kappa shape index (κ3) is 4.13. The number of nitrogens with zero attached hydrogens (tertiary/aromatic N) is 3. The standard InChI is InChI=1S/C16H18N4O2S/c21-15(10-19-12-23-11-16(19)22)17-8-6-13-2-4-14(5-3-13)20-9-1-7-18-20/h1-5,7,9H,6,8,10-12H2,(H,17,21). The minimum atomic E-state index is -0.103. The number of thioether (sulfide) groups is 1. The predicted molar refractivity (Wildman–Crippen MR) is 89.3 cm³/mol. The van der Waals surface area contributed by atoms with Crippen molar-refractivity contribution in [3.05, 3.63) is 48.3 Å². The molecule has 0 aliphatic carbocycles. The van der Waals surface area contributed by atoms with Crippen LogP contribution in [0, 0.1) is 0 Å². The smallest absolute Gasteiger partial charge is 0.239 e. The van der Waals surface area contributed by atoms with Crippen LogP contribution in [0.4, 0.5) is 0 Å². The van der Waals surface area contributed by atoms with Crippen molar-refractivity contribution in [2.75, 3.05) is 24.7 Å². The zero-order valence-corrected chi connectivity index (χ0v) is 13.5. The Morgan fingerprint density at radius 1 is 1.30 bits per heavy atom. The maximum Gasteiger partial charge on any atom is 0.239 e. The van der Waals surface area contributed by atoms with E-state index < -0.39 is 0 Å². The molecule has 0 spiro atoms. The number of amides is 2. The Labute approximate surface area is 138 Å². The van der Waals surface area contributed by atoms with Crippen LogP contribution in [0.5, 0.6) is 0 Å². The van der Waals surface area contributed by atoms with E-state index in [-0.39, 0.29) is 18.4 Å². The Balaban J connectivity index is 1.43. The molecule has 0 unspecified atom stereocenters. The van der Waals surface area contributed by atoms with Gasteiger partial charge in [-0.1, -0.05) is 12.1 Å². The summed E-state index contributed by atoms with van der Waals surface area (Å²) >= 11 is 1.54. The molecule has 2 aromatic rings. The minimum absolute atomic E-state index is 0.0411. The first-order valence-electron chi connectivity index (χ1n) is 7.43. The van der Waals surface area contributed by atoms with Crippen molar-refractivity contribution >= 4 is 23.6 Å². The molecule has 1 aliphatic heterocycles. The van der Waals surface area contributed by atoms with Crippen LogP contribution in [0.15, 0.2) is 42.7 Å². The molecule has 23 heavy (non-hydrogen) atoms. The molecular formula is C16H18N4O2S. The number of benzene rings is 1. The van der Waals surface area contributed by atoms with Gasteiger partial charge in [-0.25, -0.2) is 4.68 Å². The Bertz CT molecular complexity index is 670. The number of aromatic nitrogens is 2. The molecule has 2 amide bonds. The Morgan fingerprint density at radius 2 is 2.13 bits per heavy atom. The number of carbonyl (C=O) groups is 2. The van der Waals surface area contributed by atoms with Crippen molar-refractivity contribution in [3.63, 3.8) is 0 Å². The van der Waals surface area contributed by atoms with Gasteiger partial charge in [0.05, 0.1) is 17.3 Å². The summed E-state index contributed by atoms with van der Waals surface area (Å²) in [7, 11) is 0. The topological polar surface area (TPSA) is 67.2 Å². The first-order chi connectivity index (χ1) is 11.2. The summed E-state index contributed by atoms with van der Waals surface area (Å²) in [5.41, 5.74) is 2.15. The van der Waals surface area contributed by atoms with Gasteiger partial charge in [0, 0.05) is 18.9 Å². The second-order valence-corrected chi connectivity index (χ2v) is 6.24. The minimum Gasteiger partial charge on any atom is -0.354 e. The van der Waals surface area contributed by atoms with Crippen LogP contribution in [0.3, 0.4) is 0 Å². The molecular weight excluding hydrogens is 312 g/mol. The second-order valence-electron chi connectivity index (χ2n) is 5.29. The van der Waals surface area contributed by atoms with Crippen molar-refractivity contribution in [3.8, 4) is 5.69 Å². The Kier molecular flexibility index (Phi) is 4.97. The van der Waals surface area contributed by atoms with Gasteiger partial charge in [-0.05, 0) is 30.2 Å². The van der Waals surface area contributed by atoms with E-state index in [0.717, 1.165) is 17.7 Å². The van der Waals surface area contributed by atoms with Crippen LogP contribution in [0.1, 0.15) is 5.56 Å². The van der Waals surface area contributed by atoms with Crippen LogP contribution in [-0.2, 0) is 16.0 Å². The lowest BCUT2D eigenvalue weighted by Crippen LogP contribution is -2.38. The number of hydrogen-bond donors (Lipinski definition) is 1. The fourth-order valence-corrected chi connectivity index (χ4v) is 3.26. The highest BCUT2D eigenvalue weighted by atomic mass is 32.2.